The fourth-order valence-corrected chi connectivity index (χ4v) is 1.81. The molecule has 2 aromatic rings. The van der Waals surface area contributed by atoms with E-state index in [1.54, 1.807) is 6.07 Å². The van der Waals surface area contributed by atoms with Gasteiger partial charge in [0.15, 0.2) is 0 Å². The van der Waals surface area contributed by atoms with Gasteiger partial charge >= 0.3 is 0 Å². The Balaban J connectivity index is 2.29. The number of anilines is 1. The summed E-state index contributed by atoms with van der Waals surface area (Å²) in [5.74, 6) is 6.59. The van der Waals surface area contributed by atoms with E-state index in [-0.39, 0.29) is 5.02 Å². The maximum absolute atomic E-state index is 13.0. The summed E-state index contributed by atoms with van der Waals surface area (Å²) in [6.07, 6.45) is 1.59. The lowest BCUT2D eigenvalue weighted by molar-refractivity contribution is 0.457. The molecule has 3 N–H and O–H groups in total. The number of hydrogen-bond acceptors (Lipinski definition) is 5. The predicted octanol–water partition coefficient (Wildman–Crippen LogP) is 3.30. The summed E-state index contributed by atoms with van der Waals surface area (Å²) >= 11 is 5.91. The number of nitrogens with two attached hydrogens (primary N) is 1. The van der Waals surface area contributed by atoms with Gasteiger partial charge in [-0.05, 0) is 24.6 Å². The number of nitrogens with one attached hydrogen (secondary N) is 1. The average Bonchev–Trinajstić information content (AvgIpc) is 2.42. The van der Waals surface area contributed by atoms with E-state index in [1.807, 2.05) is 6.92 Å². The molecule has 7 heteroatoms. The summed E-state index contributed by atoms with van der Waals surface area (Å²) in [5.41, 5.74) is 2.45. The van der Waals surface area contributed by atoms with Gasteiger partial charge in [-0.25, -0.2) is 15.2 Å². The minimum atomic E-state index is -0.430. The molecule has 1 heterocycles. The van der Waals surface area contributed by atoms with Gasteiger partial charge in [0, 0.05) is 12.5 Å². The Morgan fingerprint density at radius 3 is 2.80 bits per heavy atom. The molecule has 0 radical (unpaired) electrons. The number of hydrogen-bond donors (Lipinski definition) is 2. The normalized spacial score (nSPS) is 10.4. The van der Waals surface area contributed by atoms with E-state index in [9.17, 15) is 4.39 Å². The van der Waals surface area contributed by atoms with E-state index in [0.29, 0.717) is 29.7 Å². The highest BCUT2D eigenvalue weighted by Crippen LogP contribution is 2.29. The number of hydrazine groups is 1. The van der Waals surface area contributed by atoms with E-state index < -0.39 is 5.82 Å². The van der Waals surface area contributed by atoms with Crippen LogP contribution in [0.1, 0.15) is 19.2 Å². The van der Waals surface area contributed by atoms with Crippen LogP contribution in [0, 0.1) is 5.82 Å². The predicted molar refractivity (Wildman–Crippen MR) is 75.3 cm³/mol. The molecule has 2 rings (SSSR count). The number of nitrogens with zero attached hydrogens (tertiary/aromatic N) is 2. The highest BCUT2D eigenvalue weighted by molar-refractivity contribution is 6.32. The quantitative estimate of drug-likeness (QED) is 0.654. The Labute approximate surface area is 120 Å². The van der Waals surface area contributed by atoms with E-state index in [0.717, 1.165) is 6.42 Å². The van der Waals surface area contributed by atoms with Crippen molar-refractivity contribution in [2.24, 2.45) is 5.84 Å². The lowest BCUT2D eigenvalue weighted by atomic mass is 10.3. The standard InChI is InChI=1S/C13H14ClFN4O/c1-2-3-11-17-12(19-16)7-13(18-11)20-10-5-4-8(15)6-9(10)14/h4-7H,2-3,16H2,1H3,(H,17,18,19). The van der Waals surface area contributed by atoms with Gasteiger partial charge < -0.3 is 10.2 Å². The van der Waals surface area contributed by atoms with Crippen molar-refractivity contribution in [3.05, 3.63) is 40.9 Å². The van der Waals surface area contributed by atoms with Gasteiger partial charge in [0.25, 0.3) is 0 Å². The summed E-state index contributed by atoms with van der Waals surface area (Å²) in [5, 5.41) is 0.169. The fourth-order valence-electron chi connectivity index (χ4n) is 1.61. The summed E-state index contributed by atoms with van der Waals surface area (Å²) in [7, 11) is 0. The van der Waals surface area contributed by atoms with Crippen LogP contribution in [0.5, 0.6) is 11.6 Å². The van der Waals surface area contributed by atoms with Crippen LogP contribution in [0.2, 0.25) is 5.02 Å². The topological polar surface area (TPSA) is 73.1 Å². The zero-order valence-corrected chi connectivity index (χ0v) is 11.6. The van der Waals surface area contributed by atoms with Crippen molar-refractivity contribution < 1.29 is 9.13 Å². The molecular formula is C13H14ClFN4O. The number of aryl methyl sites for hydroxylation is 1. The minimum Gasteiger partial charge on any atom is -0.437 e. The number of benzene rings is 1. The maximum atomic E-state index is 13.0. The molecule has 0 aliphatic carbocycles. The van der Waals surface area contributed by atoms with Crippen molar-refractivity contribution in [3.63, 3.8) is 0 Å². The third kappa shape index (κ3) is 3.55. The average molecular weight is 297 g/mol. The molecule has 0 atom stereocenters. The Bertz CT molecular complexity index is 609. The number of ether oxygens (including phenoxy) is 1. The number of nitrogen functional groups attached to an aromatic ring is 1. The van der Waals surface area contributed by atoms with Crippen molar-refractivity contribution >= 4 is 17.4 Å². The SMILES string of the molecule is CCCc1nc(NN)cc(Oc2ccc(F)cc2Cl)n1. The molecule has 5 nitrogen and oxygen atoms in total. The van der Waals surface area contributed by atoms with Crippen LogP contribution < -0.4 is 16.0 Å². The van der Waals surface area contributed by atoms with Gasteiger partial charge in [0.2, 0.25) is 5.88 Å². The van der Waals surface area contributed by atoms with Gasteiger partial charge in [-0.2, -0.15) is 4.98 Å². The van der Waals surface area contributed by atoms with Gasteiger partial charge in [-0.15, -0.1) is 0 Å². The number of halogens is 2. The summed E-state index contributed by atoms with van der Waals surface area (Å²) < 4.78 is 18.5. The second-order valence-electron chi connectivity index (χ2n) is 4.08. The second-order valence-corrected chi connectivity index (χ2v) is 4.49. The van der Waals surface area contributed by atoms with Gasteiger partial charge in [0.05, 0.1) is 5.02 Å². The van der Waals surface area contributed by atoms with Crippen molar-refractivity contribution in [2.75, 3.05) is 5.43 Å². The van der Waals surface area contributed by atoms with Crippen molar-refractivity contribution in [1.82, 2.24) is 9.97 Å². The molecule has 0 fully saturated rings. The Kier molecular flexibility index (Phi) is 4.70. The molecule has 1 aromatic carbocycles. The van der Waals surface area contributed by atoms with Crippen LogP contribution in [0.15, 0.2) is 24.3 Å². The number of aromatic nitrogens is 2. The molecule has 106 valence electrons. The molecule has 0 saturated carbocycles. The second kappa shape index (κ2) is 6.49. The fraction of sp³-hybridized carbons (Fsp3) is 0.231. The Hall–Kier alpha value is -1.92. The minimum absolute atomic E-state index is 0.169. The first-order valence-corrected chi connectivity index (χ1v) is 6.47. The molecule has 0 aliphatic rings. The van der Waals surface area contributed by atoms with Crippen molar-refractivity contribution in [3.8, 4) is 11.6 Å². The smallest absolute Gasteiger partial charge is 0.224 e. The largest absolute Gasteiger partial charge is 0.437 e. The summed E-state index contributed by atoms with van der Waals surface area (Å²) in [6, 6.07) is 5.41. The molecule has 0 amide bonds. The molecular weight excluding hydrogens is 283 g/mol. The first kappa shape index (κ1) is 14.5. The van der Waals surface area contributed by atoms with Gasteiger partial charge in [-0.3, -0.25) is 0 Å². The summed E-state index contributed by atoms with van der Waals surface area (Å²) in [4.78, 5) is 8.45. The molecule has 0 bridgehead atoms. The lowest BCUT2D eigenvalue weighted by Crippen LogP contribution is -2.10. The first-order valence-electron chi connectivity index (χ1n) is 6.10. The van der Waals surface area contributed by atoms with Crippen molar-refractivity contribution in [1.29, 1.82) is 0 Å². The Morgan fingerprint density at radius 2 is 2.15 bits per heavy atom. The monoisotopic (exact) mass is 296 g/mol. The molecule has 0 unspecified atom stereocenters. The zero-order valence-electron chi connectivity index (χ0n) is 10.9. The molecule has 0 spiro atoms. The number of rotatable bonds is 5. The van der Waals surface area contributed by atoms with Crippen LogP contribution in [0.3, 0.4) is 0 Å². The lowest BCUT2D eigenvalue weighted by Gasteiger charge is -2.09. The molecule has 0 aliphatic heterocycles. The van der Waals surface area contributed by atoms with E-state index in [4.69, 9.17) is 22.2 Å². The van der Waals surface area contributed by atoms with E-state index in [1.165, 1.54) is 18.2 Å². The highest BCUT2D eigenvalue weighted by atomic mass is 35.5. The van der Waals surface area contributed by atoms with Crippen LogP contribution >= 0.6 is 11.6 Å². The summed E-state index contributed by atoms with van der Waals surface area (Å²) in [6.45, 7) is 2.02. The first-order chi connectivity index (χ1) is 9.62. The third-order valence-corrected chi connectivity index (χ3v) is 2.77. The van der Waals surface area contributed by atoms with E-state index in [2.05, 4.69) is 15.4 Å². The third-order valence-electron chi connectivity index (χ3n) is 2.48. The van der Waals surface area contributed by atoms with Crippen molar-refractivity contribution in [2.45, 2.75) is 19.8 Å². The Morgan fingerprint density at radius 1 is 1.35 bits per heavy atom. The van der Waals surface area contributed by atoms with Crippen LogP contribution in [0.25, 0.3) is 0 Å². The zero-order chi connectivity index (χ0) is 14.5. The van der Waals surface area contributed by atoms with Gasteiger partial charge in [-0.1, -0.05) is 18.5 Å². The maximum Gasteiger partial charge on any atom is 0.224 e. The van der Waals surface area contributed by atoms with E-state index >= 15 is 0 Å². The molecule has 1 aromatic heterocycles. The van der Waals surface area contributed by atoms with Crippen LogP contribution in [-0.4, -0.2) is 9.97 Å². The molecule has 20 heavy (non-hydrogen) atoms. The molecule has 0 saturated heterocycles. The van der Waals surface area contributed by atoms with Gasteiger partial charge in [0.1, 0.15) is 23.2 Å². The van der Waals surface area contributed by atoms with Crippen LogP contribution in [0.4, 0.5) is 10.2 Å². The highest BCUT2D eigenvalue weighted by Gasteiger charge is 2.09. The van der Waals surface area contributed by atoms with Crippen LogP contribution in [-0.2, 0) is 6.42 Å².